The van der Waals surface area contributed by atoms with Gasteiger partial charge in [-0.05, 0) is 32.1 Å². The largest absolute Gasteiger partial charge is 0.382 e. The molecule has 0 saturated heterocycles. The summed E-state index contributed by atoms with van der Waals surface area (Å²) in [6.45, 7) is 6.93. The third-order valence-electron chi connectivity index (χ3n) is 3.31. The molecule has 0 atom stereocenters. The van der Waals surface area contributed by atoms with E-state index in [1.165, 1.54) is 12.8 Å². The van der Waals surface area contributed by atoms with Gasteiger partial charge in [-0.3, -0.25) is 0 Å². The van der Waals surface area contributed by atoms with Crippen molar-refractivity contribution in [2.24, 2.45) is 5.92 Å². The molecular formula is C13H23N3O. The average molecular weight is 237 g/mol. The molecule has 0 unspecified atom stereocenters. The molecule has 0 spiro atoms. The minimum atomic E-state index is 0.623. The summed E-state index contributed by atoms with van der Waals surface area (Å²) in [6.07, 6.45) is 7.49. The molecule has 1 aliphatic carbocycles. The van der Waals surface area contributed by atoms with Gasteiger partial charge in [0.15, 0.2) is 0 Å². The Labute approximate surface area is 103 Å². The Bertz CT molecular complexity index is 331. The van der Waals surface area contributed by atoms with Crippen molar-refractivity contribution < 1.29 is 4.74 Å². The number of aromatic nitrogens is 2. The van der Waals surface area contributed by atoms with Crippen LogP contribution in [0.5, 0.6) is 0 Å². The molecule has 17 heavy (non-hydrogen) atoms. The van der Waals surface area contributed by atoms with Crippen LogP contribution in [0.4, 0.5) is 5.95 Å². The number of hydrogen-bond acceptors (Lipinski definition) is 3. The lowest BCUT2D eigenvalue weighted by atomic mass is 9.82. The standard InChI is InChI=1S/C13H23N3O/c1-3-17-8-4-6-16-7-5-14-13(16)15-12-9-11(2)10-12/h5,7,11-12H,3-4,6,8-10H2,1-2H3,(H,14,15). The average Bonchev–Trinajstić information content (AvgIpc) is 2.70. The summed E-state index contributed by atoms with van der Waals surface area (Å²) in [7, 11) is 0. The lowest BCUT2D eigenvalue weighted by molar-refractivity contribution is 0.141. The summed E-state index contributed by atoms with van der Waals surface area (Å²) in [5.74, 6) is 1.88. The van der Waals surface area contributed by atoms with Crippen LogP contribution in [0.1, 0.15) is 33.1 Å². The number of aryl methyl sites for hydroxylation is 1. The van der Waals surface area contributed by atoms with Crippen molar-refractivity contribution >= 4 is 5.95 Å². The SMILES string of the molecule is CCOCCCn1ccnc1NC1CC(C)C1. The number of hydrogen-bond donors (Lipinski definition) is 1. The highest BCUT2D eigenvalue weighted by Crippen LogP contribution is 2.28. The van der Waals surface area contributed by atoms with E-state index in [9.17, 15) is 0 Å². The van der Waals surface area contributed by atoms with Crippen LogP contribution in [-0.2, 0) is 11.3 Å². The van der Waals surface area contributed by atoms with Crippen LogP contribution in [-0.4, -0.2) is 28.8 Å². The van der Waals surface area contributed by atoms with Gasteiger partial charge in [0.2, 0.25) is 5.95 Å². The fourth-order valence-corrected chi connectivity index (χ4v) is 2.31. The molecule has 1 N–H and O–H groups in total. The van der Waals surface area contributed by atoms with E-state index < -0.39 is 0 Å². The molecule has 4 nitrogen and oxygen atoms in total. The van der Waals surface area contributed by atoms with Gasteiger partial charge < -0.3 is 14.6 Å². The van der Waals surface area contributed by atoms with Gasteiger partial charge in [0.1, 0.15) is 0 Å². The Morgan fingerprint density at radius 3 is 3.06 bits per heavy atom. The first-order chi connectivity index (χ1) is 8.29. The molecule has 1 aromatic rings. The second-order valence-electron chi connectivity index (χ2n) is 4.91. The summed E-state index contributed by atoms with van der Waals surface area (Å²) in [5.41, 5.74) is 0. The van der Waals surface area contributed by atoms with Crippen LogP contribution in [0, 0.1) is 5.92 Å². The Kier molecular flexibility index (Phi) is 4.42. The molecule has 96 valence electrons. The molecule has 4 heteroatoms. The van der Waals surface area contributed by atoms with Crippen molar-refractivity contribution in [2.75, 3.05) is 18.5 Å². The van der Waals surface area contributed by atoms with Crippen LogP contribution in [0.25, 0.3) is 0 Å². The Hall–Kier alpha value is -1.03. The van der Waals surface area contributed by atoms with Crippen molar-refractivity contribution in [1.29, 1.82) is 0 Å². The maximum absolute atomic E-state index is 5.35. The van der Waals surface area contributed by atoms with Gasteiger partial charge >= 0.3 is 0 Å². The monoisotopic (exact) mass is 237 g/mol. The van der Waals surface area contributed by atoms with Crippen molar-refractivity contribution in [1.82, 2.24) is 9.55 Å². The molecule has 1 heterocycles. The summed E-state index contributed by atoms with van der Waals surface area (Å²) in [6, 6.07) is 0.623. The number of imidazole rings is 1. The predicted molar refractivity (Wildman–Crippen MR) is 69.1 cm³/mol. The summed E-state index contributed by atoms with van der Waals surface area (Å²) in [4.78, 5) is 4.37. The molecule has 0 aliphatic heterocycles. The zero-order chi connectivity index (χ0) is 12.1. The van der Waals surface area contributed by atoms with E-state index in [-0.39, 0.29) is 0 Å². The number of nitrogens with one attached hydrogen (secondary N) is 1. The van der Waals surface area contributed by atoms with Gasteiger partial charge in [-0.15, -0.1) is 0 Å². The number of rotatable bonds is 7. The second-order valence-corrected chi connectivity index (χ2v) is 4.91. The zero-order valence-electron chi connectivity index (χ0n) is 10.9. The highest BCUT2D eigenvalue weighted by molar-refractivity contribution is 5.28. The van der Waals surface area contributed by atoms with Crippen LogP contribution in [0.2, 0.25) is 0 Å². The van der Waals surface area contributed by atoms with E-state index in [0.29, 0.717) is 6.04 Å². The topological polar surface area (TPSA) is 39.1 Å². The smallest absolute Gasteiger partial charge is 0.202 e. The Morgan fingerprint density at radius 2 is 2.35 bits per heavy atom. The molecule has 0 bridgehead atoms. The first-order valence-electron chi connectivity index (χ1n) is 6.65. The molecule has 2 rings (SSSR count). The quantitative estimate of drug-likeness (QED) is 0.741. The van der Waals surface area contributed by atoms with Gasteiger partial charge in [0.05, 0.1) is 0 Å². The van der Waals surface area contributed by atoms with E-state index in [2.05, 4.69) is 21.8 Å². The maximum Gasteiger partial charge on any atom is 0.202 e. The molecule has 1 aliphatic rings. The van der Waals surface area contributed by atoms with Crippen molar-refractivity contribution in [3.8, 4) is 0 Å². The molecule has 0 amide bonds. The third-order valence-corrected chi connectivity index (χ3v) is 3.31. The Balaban J connectivity index is 1.76. The number of nitrogens with zero attached hydrogens (tertiary/aromatic N) is 2. The third kappa shape index (κ3) is 3.46. The molecule has 0 aromatic carbocycles. The highest BCUT2D eigenvalue weighted by Gasteiger charge is 2.25. The normalized spacial score (nSPS) is 23.4. The first-order valence-corrected chi connectivity index (χ1v) is 6.65. The van der Waals surface area contributed by atoms with Crippen LogP contribution >= 0.6 is 0 Å². The van der Waals surface area contributed by atoms with E-state index >= 15 is 0 Å². The van der Waals surface area contributed by atoms with E-state index in [1.54, 1.807) is 0 Å². The van der Waals surface area contributed by atoms with Crippen LogP contribution in [0.3, 0.4) is 0 Å². The van der Waals surface area contributed by atoms with Gasteiger partial charge in [-0.25, -0.2) is 4.98 Å². The minimum absolute atomic E-state index is 0.623. The summed E-state index contributed by atoms with van der Waals surface area (Å²) < 4.78 is 7.53. The van der Waals surface area contributed by atoms with Crippen molar-refractivity contribution in [3.05, 3.63) is 12.4 Å². The molecule has 1 saturated carbocycles. The number of anilines is 1. The zero-order valence-corrected chi connectivity index (χ0v) is 10.9. The molecule has 1 aromatic heterocycles. The summed E-state index contributed by atoms with van der Waals surface area (Å²) in [5, 5.41) is 3.51. The van der Waals surface area contributed by atoms with Crippen molar-refractivity contribution in [2.45, 2.75) is 45.7 Å². The van der Waals surface area contributed by atoms with Gasteiger partial charge in [0, 0.05) is 38.2 Å². The molecule has 0 radical (unpaired) electrons. The first kappa shape index (κ1) is 12.4. The maximum atomic E-state index is 5.35. The van der Waals surface area contributed by atoms with E-state index in [1.807, 2.05) is 19.3 Å². The fourth-order valence-electron chi connectivity index (χ4n) is 2.31. The van der Waals surface area contributed by atoms with E-state index in [0.717, 1.165) is 38.0 Å². The van der Waals surface area contributed by atoms with E-state index in [4.69, 9.17) is 4.74 Å². The second kappa shape index (κ2) is 6.05. The van der Waals surface area contributed by atoms with Crippen LogP contribution < -0.4 is 5.32 Å². The minimum Gasteiger partial charge on any atom is -0.382 e. The van der Waals surface area contributed by atoms with Gasteiger partial charge in [0.25, 0.3) is 0 Å². The van der Waals surface area contributed by atoms with Gasteiger partial charge in [-0.2, -0.15) is 0 Å². The summed E-state index contributed by atoms with van der Waals surface area (Å²) >= 11 is 0. The van der Waals surface area contributed by atoms with Gasteiger partial charge in [-0.1, -0.05) is 6.92 Å². The predicted octanol–water partition coefficient (Wildman–Crippen LogP) is 2.52. The lowest BCUT2D eigenvalue weighted by Crippen LogP contribution is -2.34. The fraction of sp³-hybridized carbons (Fsp3) is 0.769. The highest BCUT2D eigenvalue weighted by atomic mass is 16.5. The molecule has 1 fully saturated rings. The van der Waals surface area contributed by atoms with Crippen LogP contribution in [0.15, 0.2) is 12.4 Å². The van der Waals surface area contributed by atoms with Crippen molar-refractivity contribution in [3.63, 3.8) is 0 Å². The Morgan fingerprint density at radius 1 is 1.53 bits per heavy atom. The lowest BCUT2D eigenvalue weighted by Gasteiger charge is -2.33. The number of ether oxygens (including phenoxy) is 1. The molecular weight excluding hydrogens is 214 g/mol.